The lowest BCUT2D eigenvalue weighted by atomic mass is 9.79. The van der Waals surface area contributed by atoms with E-state index in [1.807, 2.05) is 30.3 Å². The van der Waals surface area contributed by atoms with Crippen molar-refractivity contribution in [1.82, 2.24) is 19.6 Å². The van der Waals surface area contributed by atoms with Gasteiger partial charge in [0, 0.05) is 18.8 Å². The topological polar surface area (TPSA) is 80.4 Å². The Bertz CT molecular complexity index is 784. The van der Waals surface area contributed by atoms with E-state index in [1.54, 1.807) is 29.9 Å². The summed E-state index contributed by atoms with van der Waals surface area (Å²) in [6, 6.07) is 9.17. The summed E-state index contributed by atoms with van der Waals surface area (Å²) >= 11 is 0. The maximum atomic E-state index is 11.8. The lowest BCUT2D eigenvalue weighted by molar-refractivity contribution is -0.143. The number of benzene rings is 1. The lowest BCUT2D eigenvalue weighted by Gasteiger charge is -2.24. The molecule has 1 N–H and O–H groups in total. The van der Waals surface area contributed by atoms with Crippen LogP contribution in [-0.2, 0) is 16.6 Å². The number of hydrogen-bond donors (Lipinski definition) is 1. The van der Waals surface area contributed by atoms with Crippen LogP contribution >= 0.6 is 0 Å². The van der Waals surface area contributed by atoms with E-state index in [9.17, 15) is 9.90 Å². The molecule has 3 aromatic rings. The van der Waals surface area contributed by atoms with E-state index >= 15 is 0 Å². The molecule has 0 fully saturated rings. The van der Waals surface area contributed by atoms with E-state index in [2.05, 4.69) is 15.2 Å². The van der Waals surface area contributed by atoms with Crippen LogP contribution in [0.4, 0.5) is 0 Å². The second kappa shape index (κ2) is 4.97. The number of fused-ring (bicyclic) bond motifs is 1. The lowest BCUT2D eigenvalue weighted by Crippen LogP contribution is -2.35. The quantitative estimate of drug-likeness (QED) is 0.788. The summed E-state index contributed by atoms with van der Waals surface area (Å²) in [6.45, 7) is 1.70. The van der Waals surface area contributed by atoms with E-state index in [0.717, 1.165) is 5.56 Å². The highest BCUT2D eigenvalue weighted by Crippen LogP contribution is 2.28. The first-order chi connectivity index (χ1) is 10.1. The van der Waals surface area contributed by atoms with Crippen molar-refractivity contribution in [3.05, 3.63) is 60.3 Å². The van der Waals surface area contributed by atoms with Crippen molar-refractivity contribution in [3.63, 3.8) is 0 Å². The Hall–Kier alpha value is -2.76. The molecule has 0 saturated carbocycles. The molecule has 106 valence electrons. The zero-order valence-electron chi connectivity index (χ0n) is 11.5. The number of nitrogens with zero attached hydrogens (tertiary/aromatic N) is 4. The van der Waals surface area contributed by atoms with Crippen LogP contribution in [0.25, 0.3) is 5.65 Å². The van der Waals surface area contributed by atoms with Gasteiger partial charge in [-0.25, -0.2) is 0 Å². The molecule has 0 saturated heterocycles. The third-order valence-corrected chi connectivity index (χ3v) is 3.68. The molecule has 2 heterocycles. The molecule has 6 heteroatoms. The van der Waals surface area contributed by atoms with Gasteiger partial charge in [0.2, 0.25) is 0 Å². The highest BCUT2D eigenvalue weighted by molar-refractivity contribution is 5.81. The van der Waals surface area contributed by atoms with E-state index in [0.29, 0.717) is 11.5 Å². The van der Waals surface area contributed by atoms with Crippen LogP contribution in [0.5, 0.6) is 0 Å². The van der Waals surface area contributed by atoms with Crippen LogP contribution < -0.4 is 0 Å². The fourth-order valence-corrected chi connectivity index (χ4v) is 2.35. The second-order valence-electron chi connectivity index (χ2n) is 5.10. The monoisotopic (exact) mass is 282 g/mol. The summed E-state index contributed by atoms with van der Waals surface area (Å²) in [6.07, 6.45) is 5.20. The number of carboxylic acid groups (broad SMARTS) is 1. The van der Waals surface area contributed by atoms with E-state index in [1.165, 1.54) is 0 Å². The summed E-state index contributed by atoms with van der Waals surface area (Å²) in [5, 5.41) is 17.8. The van der Waals surface area contributed by atoms with Crippen molar-refractivity contribution in [2.45, 2.75) is 18.8 Å². The molecule has 21 heavy (non-hydrogen) atoms. The van der Waals surface area contributed by atoms with Crippen LogP contribution in [0.3, 0.4) is 0 Å². The van der Waals surface area contributed by atoms with Crippen molar-refractivity contribution in [2.24, 2.45) is 0 Å². The van der Waals surface area contributed by atoms with Crippen LogP contribution in [0.2, 0.25) is 0 Å². The first kappa shape index (κ1) is 13.2. The number of carbonyl (C=O) groups is 1. The Morgan fingerprint density at radius 1 is 1.29 bits per heavy atom. The molecule has 1 unspecified atom stereocenters. The van der Waals surface area contributed by atoms with Crippen molar-refractivity contribution in [3.8, 4) is 0 Å². The van der Waals surface area contributed by atoms with E-state index < -0.39 is 11.4 Å². The summed E-state index contributed by atoms with van der Waals surface area (Å²) in [7, 11) is 0. The molecule has 2 aromatic heterocycles. The Balaban J connectivity index is 2.06. The van der Waals surface area contributed by atoms with Gasteiger partial charge in [0.25, 0.3) is 0 Å². The van der Waals surface area contributed by atoms with Crippen molar-refractivity contribution >= 4 is 11.6 Å². The minimum absolute atomic E-state index is 0.248. The molecule has 6 nitrogen and oxygen atoms in total. The van der Waals surface area contributed by atoms with E-state index in [4.69, 9.17) is 0 Å². The molecule has 0 radical (unpaired) electrons. The van der Waals surface area contributed by atoms with Crippen LogP contribution in [0.15, 0.2) is 48.9 Å². The number of aromatic nitrogens is 4. The molecule has 0 aliphatic carbocycles. The maximum absolute atomic E-state index is 11.8. The molecule has 0 aliphatic heterocycles. The van der Waals surface area contributed by atoms with Gasteiger partial charge < -0.3 is 5.11 Å². The summed E-state index contributed by atoms with van der Waals surface area (Å²) < 4.78 is 1.76. The molecule has 1 aromatic carbocycles. The minimum Gasteiger partial charge on any atom is -0.481 e. The molecular weight excluding hydrogens is 268 g/mol. The molecule has 0 amide bonds. The van der Waals surface area contributed by atoms with Gasteiger partial charge in [-0.3, -0.25) is 14.2 Å². The molecule has 0 aliphatic rings. The smallest absolute Gasteiger partial charge is 0.314 e. The van der Waals surface area contributed by atoms with Crippen molar-refractivity contribution < 1.29 is 9.90 Å². The fraction of sp³-hybridized carbons (Fsp3) is 0.200. The molecule has 3 rings (SSSR count). The van der Waals surface area contributed by atoms with Gasteiger partial charge in [-0.1, -0.05) is 30.3 Å². The standard InChI is InChI=1S/C15H14N4O2/c1-15(14(20)21,11-5-3-2-4-6-11)9-12-17-18-13-10-16-7-8-19(12)13/h2-8,10H,9H2,1H3,(H,20,21). The predicted octanol–water partition coefficient (Wildman–Crippen LogP) is 1.71. The number of aliphatic carboxylic acids is 1. The molecule has 1 atom stereocenters. The fourth-order valence-electron chi connectivity index (χ4n) is 2.35. The van der Waals surface area contributed by atoms with Crippen molar-refractivity contribution in [1.29, 1.82) is 0 Å². The highest BCUT2D eigenvalue weighted by atomic mass is 16.4. The van der Waals surface area contributed by atoms with Gasteiger partial charge in [-0.05, 0) is 12.5 Å². The van der Waals surface area contributed by atoms with Gasteiger partial charge in [0.1, 0.15) is 5.82 Å². The SMILES string of the molecule is CC(Cc1nnc2cnccn12)(C(=O)O)c1ccccc1. The molecule has 0 spiro atoms. The van der Waals surface area contributed by atoms with Crippen LogP contribution in [-0.4, -0.2) is 30.7 Å². The van der Waals surface area contributed by atoms with Gasteiger partial charge in [0.15, 0.2) is 5.65 Å². The third kappa shape index (κ3) is 2.24. The van der Waals surface area contributed by atoms with Gasteiger partial charge in [-0.2, -0.15) is 0 Å². The largest absolute Gasteiger partial charge is 0.481 e. The van der Waals surface area contributed by atoms with Crippen molar-refractivity contribution in [2.75, 3.05) is 0 Å². The Morgan fingerprint density at radius 3 is 2.76 bits per heavy atom. The first-order valence-corrected chi connectivity index (χ1v) is 6.54. The zero-order valence-corrected chi connectivity index (χ0v) is 11.5. The number of rotatable bonds is 4. The van der Waals surface area contributed by atoms with Crippen LogP contribution in [0, 0.1) is 0 Å². The minimum atomic E-state index is -1.06. The molecule has 0 bridgehead atoms. The summed E-state index contributed by atoms with van der Waals surface area (Å²) in [5.41, 5.74) is 0.282. The van der Waals surface area contributed by atoms with Gasteiger partial charge in [0.05, 0.1) is 11.6 Å². The normalized spacial score (nSPS) is 14.0. The van der Waals surface area contributed by atoms with Crippen LogP contribution in [0.1, 0.15) is 18.3 Å². The third-order valence-electron chi connectivity index (χ3n) is 3.68. The van der Waals surface area contributed by atoms with E-state index in [-0.39, 0.29) is 6.42 Å². The van der Waals surface area contributed by atoms with Gasteiger partial charge in [-0.15, -0.1) is 10.2 Å². The zero-order chi connectivity index (χ0) is 14.9. The average Bonchev–Trinajstić information content (AvgIpc) is 2.91. The summed E-state index contributed by atoms with van der Waals surface area (Å²) in [4.78, 5) is 15.8. The van der Waals surface area contributed by atoms with Gasteiger partial charge >= 0.3 is 5.97 Å². The Morgan fingerprint density at radius 2 is 2.05 bits per heavy atom. The number of hydrogen-bond acceptors (Lipinski definition) is 4. The maximum Gasteiger partial charge on any atom is 0.314 e. The first-order valence-electron chi connectivity index (χ1n) is 6.54. The second-order valence-corrected chi connectivity index (χ2v) is 5.10. The summed E-state index contributed by atoms with van der Waals surface area (Å²) in [5.74, 6) is -0.291. The Labute approximate surface area is 121 Å². The predicted molar refractivity (Wildman–Crippen MR) is 75.9 cm³/mol. The highest BCUT2D eigenvalue weighted by Gasteiger charge is 2.36. The average molecular weight is 282 g/mol. The Kier molecular flexibility index (Phi) is 3.13. The number of carboxylic acids is 1. The molecular formula is C15H14N4O2.